The van der Waals surface area contributed by atoms with Gasteiger partial charge in [-0.15, -0.1) is 11.3 Å². The van der Waals surface area contributed by atoms with E-state index in [1.165, 1.54) is 11.3 Å². The SMILES string of the molecule is N#C/C(=C\O)c1nc2ccccc2s1. The molecule has 68 valence electrons. The summed E-state index contributed by atoms with van der Waals surface area (Å²) < 4.78 is 1.01. The first-order valence-corrected chi connectivity index (χ1v) is 4.77. The van der Waals surface area contributed by atoms with Gasteiger partial charge < -0.3 is 5.11 Å². The van der Waals surface area contributed by atoms with Crippen molar-refractivity contribution in [2.24, 2.45) is 0 Å². The van der Waals surface area contributed by atoms with Crippen LogP contribution in [0.3, 0.4) is 0 Å². The Kier molecular flexibility index (Phi) is 2.17. The van der Waals surface area contributed by atoms with E-state index in [1.54, 1.807) is 0 Å². The molecule has 0 aliphatic carbocycles. The number of hydrogen-bond acceptors (Lipinski definition) is 4. The van der Waals surface area contributed by atoms with Gasteiger partial charge >= 0.3 is 0 Å². The Morgan fingerprint density at radius 1 is 1.50 bits per heavy atom. The minimum Gasteiger partial charge on any atom is -0.514 e. The molecule has 0 aliphatic heterocycles. The molecule has 2 rings (SSSR count). The van der Waals surface area contributed by atoms with Crippen molar-refractivity contribution in [3.05, 3.63) is 35.5 Å². The molecule has 0 fully saturated rings. The molecule has 0 amide bonds. The van der Waals surface area contributed by atoms with Crippen LogP contribution in [0.1, 0.15) is 5.01 Å². The summed E-state index contributed by atoms with van der Waals surface area (Å²) in [5.74, 6) is 0. The van der Waals surface area contributed by atoms with Gasteiger partial charge in [0, 0.05) is 0 Å². The summed E-state index contributed by atoms with van der Waals surface area (Å²) in [6.45, 7) is 0. The van der Waals surface area contributed by atoms with E-state index in [0.29, 0.717) is 5.01 Å². The van der Waals surface area contributed by atoms with Gasteiger partial charge in [-0.3, -0.25) is 0 Å². The van der Waals surface area contributed by atoms with Crippen LogP contribution in [0.5, 0.6) is 0 Å². The molecule has 0 radical (unpaired) electrons. The highest BCUT2D eigenvalue weighted by Gasteiger charge is 2.07. The predicted octanol–water partition coefficient (Wildman–Crippen LogP) is 2.72. The van der Waals surface area contributed by atoms with Crippen molar-refractivity contribution in [2.75, 3.05) is 0 Å². The molecule has 1 heterocycles. The molecule has 2 aromatic rings. The summed E-state index contributed by atoms with van der Waals surface area (Å²) in [6, 6.07) is 9.50. The van der Waals surface area contributed by atoms with Crippen molar-refractivity contribution in [1.82, 2.24) is 4.98 Å². The molecule has 1 N–H and O–H groups in total. The molecule has 14 heavy (non-hydrogen) atoms. The van der Waals surface area contributed by atoms with Crippen LogP contribution in [-0.2, 0) is 0 Å². The predicted molar refractivity (Wildman–Crippen MR) is 55.8 cm³/mol. The number of rotatable bonds is 1. The van der Waals surface area contributed by atoms with Gasteiger partial charge in [-0.2, -0.15) is 5.26 Å². The first-order valence-electron chi connectivity index (χ1n) is 3.95. The summed E-state index contributed by atoms with van der Waals surface area (Å²) in [7, 11) is 0. The van der Waals surface area contributed by atoms with E-state index in [9.17, 15) is 0 Å². The summed E-state index contributed by atoms with van der Waals surface area (Å²) in [5, 5.41) is 18.0. The molecular formula is C10H6N2OS. The average Bonchev–Trinajstić information content (AvgIpc) is 2.63. The van der Waals surface area contributed by atoms with Gasteiger partial charge in [0.25, 0.3) is 0 Å². The number of allylic oxidation sites excluding steroid dienone is 1. The lowest BCUT2D eigenvalue weighted by Crippen LogP contribution is -1.77. The second-order valence-electron chi connectivity index (χ2n) is 2.64. The van der Waals surface area contributed by atoms with Crippen LogP contribution in [0, 0.1) is 11.3 Å². The van der Waals surface area contributed by atoms with Gasteiger partial charge in [-0.1, -0.05) is 12.1 Å². The molecule has 0 unspecified atom stereocenters. The number of thiazole rings is 1. The zero-order chi connectivity index (χ0) is 9.97. The fourth-order valence-corrected chi connectivity index (χ4v) is 2.04. The first-order chi connectivity index (χ1) is 6.85. The van der Waals surface area contributed by atoms with Crippen LogP contribution in [0.4, 0.5) is 0 Å². The molecule has 1 aromatic heterocycles. The highest BCUT2D eigenvalue weighted by atomic mass is 32.1. The third-order valence-electron chi connectivity index (χ3n) is 1.77. The largest absolute Gasteiger partial charge is 0.514 e. The minimum atomic E-state index is 0.200. The van der Waals surface area contributed by atoms with Gasteiger partial charge in [0.15, 0.2) is 0 Å². The smallest absolute Gasteiger partial charge is 0.138 e. The zero-order valence-corrected chi connectivity index (χ0v) is 7.95. The van der Waals surface area contributed by atoms with Crippen molar-refractivity contribution in [1.29, 1.82) is 5.26 Å². The number of benzene rings is 1. The molecule has 0 spiro atoms. The summed E-state index contributed by atoms with van der Waals surface area (Å²) in [5.41, 5.74) is 1.05. The number of nitriles is 1. The molecule has 3 nitrogen and oxygen atoms in total. The molecule has 0 saturated carbocycles. The number of aliphatic hydroxyl groups is 1. The average molecular weight is 202 g/mol. The van der Waals surface area contributed by atoms with Gasteiger partial charge in [0.1, 0.15) is 22.9 Å². The van der Waals surface area contributed by atoms with Gasteiger partial charge in [0.05, 0.1) is 10.2 Å². The number of fused-ring (bicyclic) bond motifs is 1. The Labute approximate surface area is 84.6 Å². The Morgan fingerprint density at radius 3 is 2.93 bits per heavy atom. The third kappa shape index (κ3) is 1.34. The van der Waals surface area contributed by atoms with Crippen molar-refractivity contribution < 1.29 is 5.11 Å². The summed E-state index contributed by atoms with van der Waals surface area (Å²) in [6.07, 6.45) is 0.789. The van der Waals surface area contributed by atoms with Gasteiger partial charge in [-0.05, 0) is 12.1 Å². The van der Waals surface area contributed by atoms with Crippen LogP contribution in [-0.4, -0.2) is 10.1 Å². The molecule has 1 aromatic carbocycles. The van der Waals surface area contributed by atoms with E-state index >= 15 is 0 Å². The standard InChI is InChI=1S/C10H6N2OS/c11-5-7(6-13)10-12-8-3-1-2-4-9(8)14-10/h1-4,6,13H/b7-6+. The monoisotopic (exact) mass is 202 g/mol. The molecule has 0 atom stereocenters. The number of para-hydroxylation sites is 1. The van der Waals surface area contributed by atoms with Crippen molar-refractivity contribution in [3.63, 3.8) is 0 Å². The Balaban J connectivity index is 2.62. The maximum absolute atomic E-state index is 8.79. The van der Waals surface area contributed by atoms with Crippen molar-refractivity contribution >= 4 is 27.1 Å². The Morgan fingerprint density at radius 2 is 2.29 bits per heavy atom. The maximum Gasteiger partial charge on any atom is 0.138 e. The number of hydrogen-bond donors (Lipinski definition) is 1. The molecular weight excluding hydrogens is 196 g/mol. The van der Waals surface area contributed by atoms with E-state index in [2.05, 4.69) is 4.98 Å². The first kappa shape index (κ1) is 8.73. The molecule has 0 aliphatic rings. The summed E-state index contributed by atoms with van der Waals surface area (Å²) in [4.78, 5) is 4.22. The number of nitrogens with zero attached hydrogens (tertiary/aromatic N) is 2. The van der Waals surface area contributed by atoms with Crippen LogP contribution >= 0.6 is 11.3 Å². The topological polar surface area (TPSA) is 56.9 Å². The van der Waals surface area contributed by atoms with Crippen LogP contribution in [0.15, 0.2) is 30.5 Å². The molecule has 4 heteroatoms. The fraction of sp³-hybridized carbons (Fsp3) is 0. The maximum atomic E-state index is 8.79. The lowest BCUT2D eigenvalue weighted by atomic mass is 10.3. The van der Waals surface area contributed by atoms with E-state index < -0.39 is 0 Å². The molecule has 0 saturated heterocycles. The van der Waals surface area contributed by atoms with E-state index in [0.717, 1.165) is 16.5 Å². The Hall–Kier alpha value is -1.86. The molecule has 0 bridgehead atoms. The highest BCUT2D eigenvalue weighted by Crippen LogP contribution is 2.26. The van der Waals surface area contributed by atoms with Gasteiger partial charge in [0.2, 0.25) is 0 Å². The zero-order valence-electron chi connectivity index (χ0n) is 7.14. The fourth-order valence-electron chi connectivity index (χ4n) is 1.12. The van der Waals surface area contributed by atoms with Gasteiger partial charge in [-0.25, -0.2) is 4.98 Å². The van der Waals surface area contributed by atoms with Crippen LogP contribution in [0.25, 0.3) is 15.8 Å². The number of aliphatic hydroxyl groups excluding tert-OH is 1. The second kappa shape index (κ2) is 3.48. The summed E-state index contributed by atoms with van der Waals surface area (Å²) >= 11 is 1.39. The lowest BCUT2D eigenvalue weighted by molar-refractivity contribution is 0.476. The quantitative estimate of drug-likeness (QED) is 0.571. The Bertz CT molecular complexity index is 503. The normalized spacial score (nSPS) is 11.5. The van der Waals surface area contributed by atoms with E-state index in [-0.39, 0.29) is 5.57 Å². The highest BCUT2D eigenvalue weighted by molar-refractivity contribution is 7.19. The lowest BCUT2D eigenvalue weighted by Gasteiger charge is -1.85. The van der Waals surface area contributed by atoms with E-state index in [1.807, 2.05) is 30.3 Å². The van der Waals surface area contributed by atoms with E-state index in [4.69, 9.17) is 10.4 Å². The second-order valence-corrected chi connectivity index (χ2v) is 3.67. The van der Waals surface area contributed by atoms with Crippen molar-refractivity contribution in [2.45, 2.75) is 0 Å². The van der Waals surface area contributed by atoms with Crippen LogP contribution < -0.4 is 0 Å². The van der Waals surface area contributed by atoms with Crippen LogP contribution in [0.2, 0.25) is 0 Å². The van der Waals surface area contributed by atoms with Crippen molar-refractivity contribution in [3.8, 4) is 6.07 Å². The minimum absolute atomic E-state index is 0.200. The number of aromatic nitrogens is 1. The third-order valence-corrected chi connectivity index (χ3v) is 2.84.